The van der Waals surface area contributed by atoms with E-state index in [1.165, 1.54) is 4.52 Å². The number of aromatic nitrogens is 4. The average molecular weight is 250 g/mol. The molecule has 2 aromatic rings. The van der Waals surface area contributed by atoms with E-state index in [4.69, 9.17) is 5.73 Å². The SMILES string of the molecule is CC(C)(CCN)CNc1ccc2n[nH]c(=O)n2n1. The number of nitrogens with one attached hydrogen (secondary N) is 2. The fourth-order valence-electron chi connectivity index (χ4n) is 1.71. The lowest BCUT2D eigenvalue weighted by atomic mass is 9.89. The Morgan fingerprint density at radius 2 is 2.28 bits per heavy atom. The van der Waals surface area contributed by atoms with Crippen LogP contribution in [0.15, 0.2) is 16.9 Å². The number of anilines is 1. The predicted molar refractivity (Wildman–Crippen MR) is 69.5 cm³/mol. The maximum absolute atomic E-state index is 11.4. The molecule has 4 N–H and O–H groups in total. The molecule has 0 atom stereocenters. The minimum atomic E-state index is -0.338. The summed E-state index contributed by atoms with van der Waals surface area (Å²) in [5, 5.41) is 13.5. The number of hydrogen-bond donors (Lipinski definition) is 3. The summed E-state index contributed by atoms with van der Waals surface area (Å²) < 4.78 is 1.23. The zero-order valence-corrected chi connectivity index (χ0v) is 10.6. The second-order valence-electron chi connectivity index (χ2n) is 5.07. The van der Waals surface area contributed by atoms with Crippen LogP contribution in [0.2, 0.25) is 0 Å². The second kappa shape index (κ2) is 4.77. The van der Waals surface area contributed by atoms with E-state index in [2.05, 4.69) is 34.5 Å². The van der Waals surface area contributed by atoms with Crippen molar-refractivity contribution in [2.75, 3.05) is 18.4 Å². The molecule has 0 aliphatic carbocycles. The maximum Gasteiger partial charge on any atom is 0.364 e. The quantitative estimate of drug-likeness (QED) is 0.704. The minimum absolute atomic E-state index is 0.0900. The van der Waals surface area contributed by atoms with Gasteiger partial charge >= 0.3 is 5.69 Å². The van der Waals surface area contributed by atoms with Gasteiger partial charge in [0, 0.05) is 6.54 Å². The Labute approximate surface area is 104 Å². The van der Waals surface area contributed by atoms with Crippen LogP contribution in [-0.4, -0.2) is 32.9 Å². The van der Waals surface area contributed by atoms with Crippen LogP contribution in [-0.2, 0) is 0 Å². The molecule has 0 spiro atoms. The van der Waals surface area contributed by atoms with E-state index in [0.717, 1.165) is 13.0 Å². The molecule has 0 saturated carbocycles. The van der Waals surface area contributed by atoms with E-state index >= 15 is 0 Å². The maximum atomic E-state index is 11.4. The van der Waals surface area contributed by atoms with Gasteiger partial charge in [-0.05, 0) is 30.5 Å². The first-order valence-electron chi connectivity index (χ1n) is 5.90. The Hall–Kier alpha value is -1.89. The van der Waals surface area contributed by atoms with Gasteiger partial charge in [-0.25, -0.2) is 9.89 Å². The van der Waals surface area contributed by atoms with E-state index in [0.29, 0.717) is 18.0 Å². The highest BCUT2D eigenvalue weighted by Gasteiger charge is 2.16. The van der Waals surface area contributed by atoms with Crippen molar-refractivity contribution >= 4 is 11.5 Å². The largest absolute Gasteiger partial charge is 0.368 e. The molecule has 18 heavy (non-hydrogen) atoms. The standard InChI is InChI=1S/C11H18N6O/c1-11(2,5-6-12)7-13-8-3-4-9-14-15-10(18)17(9)16-8/h3-4H,5-7,12H2,1-2H3,(H,13,16)(H,15,18). The molecule has 0 amide bonds. The molecule has 0 bridgehead atoms. The first kappa shape index (κ1) is 12.6. The van der Waals surface area contributed by atoms with Crippen LogP contribution < -0.4 is 16.7 Å². The number of H-pyrrole nitrogens is 1. The van der Waals surface area contributed by atoms with Crippen LogP contribution in [0.1, 0.15) is 20.3 Å². The van der Waals surface area contributed by atoms with Crippen molar-refractivity contribution in [3.05, 3.63) is 22.6 Å². The number of fused-ring (bicyclic) bond motifs is 1. The fourth-order valence-corrected chi connectivity index (χ4v) is 1.71. The smallest absolute Gasteiger partial charge is 0.364 e. The van der Waals surface area contributed by atoms with Gasteiger partial charge in [0.2, 0.25) is 0 Å². The summed E-state index contributed by atoms with van der Waals surface area (Å²) in [6.45, 7) is 5.67. The number of aromatic amines is 1. The van der Waals surface area contributed by atoms with Crippen molar-refractivity contribution in [1.82, 2.24) is 19.8 Å². The highest BCUT2D eigenvalue weighted by atomic mass is 16.2. The summed E-state index contributed by atoms with van der Waals surface area (Å²) >= 11 is 0. The topological polar surface area (TPSA) is 101 Å². The Morgan fingerprint density at radius 3 is 3.00 bits per heavy atom. The zero-order valence-electron chi connectivity index (χ0n) is 10.6. The molecule has 98 valence electrons. The van der Waals surface area contributed by atoms with Crippen LogP contribution in [0.3, 0.4) is 0 Å². The average Bonchev–Trinajstić information content (AvgIpc) is 2.69. The van der Waals surface area contributed by atoms with E-state index in [-0.39, 0.29) is 11.1 Å². The highest BCUT2D eigenvalue weighted by Crippen LogP contribution is 2.19. The van der Waals surface area contributed by atoms with Crippen LogP contribution in [0.4, 0.5) is 5.82 Å². The summed E-state index contributed by atoms with van der Waals surface area (Å²) in [5.74, 6) is 0.649. The van der Waals surface area contributed by atoms with Crippen LogP contribution >= 0.6 is 0 Å². The second-order valence-corrected chi connectivity index (χ2v) is 5.07. The lowest BCUT2D eigenvalue weighted by Crippen LogP contribution is -2.26. The normalized spacial score (nSPS) is 11.9. The molecular weight excluding hydrogens is 232 g/mol. The molecule has 0 aromatic carbocycles. The first-order valence-corrected chi connectivity index (χ1v) is 5.90. The van der Waals surface area contributed by atoms with Crippen molar-refractivity contribution < 1.29 is 0 Å². The van der Waals surface area contributed by atoms with Gasteiger partial charge in [-0.3, -0.25) is 0 Å². The van der Waals surface area contributed by atoms with Crippen LogP contribution in [0.25, 0.3) is 5.65 Å². The van der Waals surface area contributed by atoms with Gasteiger partial charge in [0.25, 0.3) is 0 Å². The minimum Gasteiger partial charge on any atom is -0.368 e. The molecule has 0 unspecified atom stereocenters. The number of nitrogens with zero attached hydrogens (tertiary/aromatic N) is 3. The Bertz CT molecular complexity index is 584. The molecule has 2 aromatic heterocycles. The Kier molecular flexibility index (Phi) is 3.33. The Morgan fingerprint density at radius 1 is 1.50 bits per heavy atom. The van der Waals surface area contributed by atoms with E-state index in [1.807, 2.05) is 0 Å². The first-order chi connectivity index (χ1) is 8.52. The highest BCUT2D eigenvalue weighted by molar-refractivity contribution is 5.42. The molecule has 7 nitrogen and oxygen atoms in total. The van der Waals surface area contributed by atoms with E-state index in [9.17, 15) is 4.79 Å². The zero-order chi connectivity index (χ0) is 13.2. The van der Waals surface area contributed by atoms with Gasteiger partial charge in [-0.2, -0.15) is 9.61 Å². The van der Waals surface area contributed by atoms with Gasteiger partial charge in [-0.15, -0.1) is 5.10 Å². The molecule has 0 aliphatic rings. The molecule has 0 radical (unpaired) electrons. The fraction of sp³-hybridized carbons (Fsp3) is 0.545. The van der Waals surface area contributed by atoms with Gasteiger partial charge < -0.3 is 11.1 Å². The lowest BCUT2D eigenvalue weighted by Gasteiger charge is -2.24. The van der Waals surface area contributed by atoms with Crippen LogP contribution in [0.5, 0.6) is 0 Å². The van der Waals surface area contributed by atoms with E-state index < -0.39 is 0 Å². The van der Waals surface area contributed by atoms with E-state index in [1.54, 1.807) is 12.1 Å². The molecule has 2 heterocycles. The molecule has 0 saturated heterocycles. The van der Waals surface area contributed by atoms with Gasteiger partial charge in [0.05, 0.1) is 0 Å². The summed E-state index contributed by atoms with van der Waals surface area (Å²) in [5.41, 5.74) is 5.82. The predicted octanol–water partition coefficient (Wildman–Crippen LogP) is 0.205. The van der Waals surface area contributed by atoms with Crippen molar-refractivity contribution in [2.45, 2.75) is 20.3 Å². The molecular formula is C11H18N6O. The Balaban J connectivity index is 2.12. The van der Waals surface area contributed by atoms with Crippen molar-refractivity contribution in [1.29, 1.82) is 0 Å². The third-order valence-electron chi connectivity index (χ3n) is 2.84. The third kappa shape index (κ3) is 2.67. The summed E-state index contributed by atoms with van der Waals surface area (Å²) in [4.78, 5) is 11.4. The van der Waals surface area contributed by atoms with Gasteiger partial charge in [-0.1, -0.05) is 13.8 Å². The number of nitrogens with two attached hydrogens (primary N) is 1. The van der Waals surface area contributed by atoms with Crippen molar-refractivity contribution in [3.8, 4) is 0 Å². The van der Waals surface area contributed by atoms with Crippen molar-refractivity contribution in [3.63, 3.8) is 0 Å². The summed E-state index contributed by atoms with van der Waals surface area (Å²) in [7, 11) is 0. The van der Waals surface area contributed by atoms with Crippen LogP contribution in [0, 0.1) is 5.41 Å². The number of rotatable bonds is 5. The molecule has 0 aliphatic heterocycles. The molecule has 2 rings (SSSR count). The monoisotopic (exact) mass is 250 g/mol. The summed E-state index contributed by atoms with van der Waals surface area (Å²) in [6.07, 6.45) is 0.925. The third-order valence-corrected chi connectivity index (χ3v) is 2.84. The lowest BCUT2D eigenvalue weighted by molar-refractivity contribution is 0.364. The van der Waals surface area contributed by atoms with Gasteiger partial charge in [0.1, 0.15) is 5.82 Å². The molecule has 0 fully saturated rings. The van der Waals surface area contributed by atoms with Gasteiger partial charge in [0.15, 0.2) is 5.65 Å². The summed E-state index contributed by atoms with van der Waals surface area (Å²) in [6, 6.07) is 3.54. The number of hydrogen-bond acceptors (Lipinski definition) is 5. The molecule has 7 heteroatoms. The van der Waals surface area contributed by atoms with Crippen molar-refractivity contribution in [2.24, 2.45) is 11.1 Å².